The molecule has 0 spiro atoms. The predicted octanol–water partition coefficient (Wildman–Crippen LogP) is 4.30. The van der Waals surface area contributed by atoms with Crippen molar-refractivity contribution in [3.63, 3.8) is 0 Å². The van der Waals surface area contributed by atoms with Crippen molar-refractivity contribution in [1.29, 1.82) is 0 Å². The van der Waals surface area contributed by atoms with Gasteiger partial charge in [0.25, 0.3) is 35.4 Å². The molecule has 0 aliphatic carbocycles. The van der Waals surface area contributed by atoms with Gasteiger partial charge in [0.15, 0.2) is 0 Å². The van der Waals surface area contributed by atoms with E-state index in [2.05, 4.69) is 0 Å². The van der Waals surface area contributed by atoms with Gasteiger partial charge in [-0.2, -0.15) is 0 Å². The SMILES string of the molecule is Cc1cc(C(=O)OCCN2C(=O)C=C(c3ccccc3)C2=O)cc(N2C(=O)c3ccc(-c4ccc5c(c4)C(=O)N(C)C5=O)cc3C2=O)c1. The Balaban J connectivity index is 1.06. The molecule has 236 valence electrons. The summed E-state index contributed by atoms with van der Waals surface area (Å²) in [6.07, 6.45) is 1.25. The molecular weight excluding hydrogens is 614 g/mol. The van der Waals surface area contributed by atoms with Gasteiger partial charge >= 0.3 is 5.97 Å². The van der Waals surface area contributed by atoms with Gasteiger partial charge in [-0.15, -0.1) is 0 Å². The molecule has 3 aliphatic heterocycles. The summed E-state index contributed by atoms with van der Waals surface area (Å²) in [7, 11) is 1.41. The molecule has 0 saturated heterocycles. The number of carbonyl (C=O) groups excluding carboxylic acids is 7. The van der Waals surface area contributed by atoms with E-state index in [1.54, 1.807) is 79.7 Å². The van der Waals surface area contributed by atoms with Crippen LogP contribution in [-0.4, -0.2) is 71.4 Å². The third-order valence-corrected chi connectivity index (χ3v) is 8.51. The fourth-order valence-corrected chi connectivity index (χ4v) is 6.06. The first kappa shape index (κ1) is 30.2. The first-order valence-corrected chi connectivity index (χ1v) is 14.9. The van der Waals surface area contributed by atoms with E-state index in [1.165, 1.54) is 25.3 Å². The van der Waals surface area contributed by atoms with Crippen LogP contribution >= 0.6 is 0 Å². The maximum absolute atomic E-state index is 13.6. The number of aryl methyl sites for hydroxylation is 1. The molecule has 0 fully saturated rings. The summed E-state index contributed by atoms with van der Waals surface area (Å²) in [6.45, 7) is 1.29. The second-order valence-corrected chi connectivity index (χ2v) is 11.5. The van der Waals surface area contributed by atoms with E-state index >= 15 is 0 Å². The largest absolute Gasteiger partial charge is 0.460 e. The monoisotopic (exact) mass is 639 g/mol. The topological polar surface area (TPSA) is 138 Å². The number of rotatable bonds is 7. The molecule has 4 aromatic rings. The molecule has 6 amide bonds. The van der Waals surface area contributed by atoms with Gasteiger partial charge in [0.1, 0.15) is 6.61 Å². The number of hydrogen-bond donors (Lipinski definition) is 0. The van der Waals surface area contributed by atoms with E-state index < -0.39 is 35.5 Å². The quantitative estimate of drug-likeness (QED) is 0.216. The maximum atomic E-state index is 13.6. The van der Waals surface area contributed by atoms with Crippen LogP contribution < -0.4 is 4.90 Å². The molecule has 0 N–H and O–H groups in total. The van der Waals surface area contributed by atoms with Crippen LogP contribution in [0, 0.1) is 6.92 Å². The van der Waals surface area contributed by atoms with Gasteiger partial charge in [0.2, 0.25) is 0 Å². The Hall–Kier alpha value is -6.49. The maximum Gasteiger partial charge on any atom is 0.338 e. The lowest BCUT2D eigenvalue weighted by Crippen LogP contribution is -2.34. The van der Waals surface area contributed by atoms with Crippen LogP contribution in [0.1, 0.15) is 62.9 Å². The summed E-state index contributed by atoms with van der Waals surface area (Å²) >= 11 is 0. The second kappa shape index (κ2) is 11.4. The lowest BCUT2D eigenvalue weighted by atomic mass is 9.97. The summed E-state index contributed by atoms with van der Waals surface area (Å²) < 4.78 is 5.39. The first-order chi connectivity index (χ1) is 23.0. The normalized spacial score (nSPS) is 15.4. The lowest BCUT2D eigenvalue weighted by Gasteiger charge is -2.17. The average molecular weight is 640 g/mol. The van der Waals surface area contributed by atoms with Crippen molar-refractivity contribution in [2.75, 3.05) is 25.1 Å². The van der Waals surface area contributed by atoms with Gasteiger partial charge in [-0.25, -0.2) is 9.69 Å². The van der Waals surface area contributed by atoms with Crippen molar-refractivity contribution < 1.29 is 38.3 Å². The molecule has 11 heteroatoms. The van der Waals surface area contributed by atoms with Gasteiger partial charge in [-0.05, 0) is 71.6 Å². The summed E-state index contributed by atoms with van der Waals surface area (Å²) in [4.78, 5) is 93.3. The van der Waals surface area contributed by atoms with E-state index in [1.807, 2.05) is 0 Å². The first-order valence-electron chi connectivity index (χ1n) is 14.9. The van der Waals surface area contributed by atoms with Gasteiger partial charge < -0.3 is 4.74 Å². The zero-order valence-electron chi connectivity index (χ0n) is 25.7. The molecule has 48 heavy (non-hydrogen) atoms. The Morgan fingerprint density at radius 1 is 0.646 bits per heavy atom. The number of amides is 6. The highest BCUT2D eigenvalue weighted by molar-refractivity contribution is 6.35. The molecule has 0 atom stereocenters. The standard InChI is InChI=1S/C37H25N3O8/c1-20-14-24(37(47)48-13-12-39-31(41)19-28(34(39)44)21-6-4-3-5-7-21)16-25(15-20)40-35(45)27-11-9-23(18-30(27)36(40)46)22-8-10-26-29(17-22)33(43)38(2)32(26)42/h3-11,14-19H,12-13H2,1-2H3. The van der Waals surface area contributed by atoms with Crippen LogP contribution in [0.15, 0.2) is 91.0 Å². The minimum atomic E-state index is -0.760. The summed E-state index contributed by atoms with van der Waals surface area (Å²) in [5.41, 5.74) is 3.74. The van der Waals surface area contributed by atoms with E-state index in [0.717, 1.165) is 14.7 Å². The molecule has 11 nitrogen and oxygen atoms in total. The van der Waals surface area contributed by atoms with E-state index in [9.17, 15) is 33.6 Å². The fraction of sp³-hybridized carbons (Fsp3) is 0.108. The van der Waals surface area contributed by atoms with E-state index in [4.69, 9.17) is 4.74 Å². The van der Waals surface area contributed by atoms with Crippen molar-refractivity contribution in [1.82, 2.24) is 9.80 Å². The van der Waals surface area contributed by atoms with Gasteiger partial charge in [-0.1, -0.05) is 42.5 Å². The molecule has 0 saturated carbocycles. The smallest absolute Gasteiger partial charge is 0.338 e. The van der Waals surface area contributed by atoms with Crippen molar-refractivity contribution in [2.24, 2.45) is 0 Å². The van der Waals surface area contributed by atoms with Crippen molar-refractivity contribution in [3.8, 4) is 11.1 Å². The number of imide groups is 3. The van der Waals surface area contributed by atoms with Crippen LogP contribution in [-0.2, 0) is 14.3 Å². The van der Waals surface area contributed by atoms with E-state index in [-0.39, 0.29) is 52.6 Å². The third kappa shape index (κ3) is 4.89. The Labute approximate surface area is 273 Å². The number of benzene rings is 4. The molecule has 0 radical (unpaired) electrons. The molecule has 7 rings (SSSR count). The predicted molar refractivity (Wildman–Crippen MR) is 172 cm³/mol. The summed E-state index contributed by atoms with van der Waals surface area (Å²) in [5.74, 6) is -3.73. The van der Waals surface area contributed by atoms with Gasteiger partial charge in [-0.3, -0.25) is 38.6 Å². The minimum Gasteiger partial charge on any atom is -0.460 e. The highest BCUT2D eigenvalue weighted by Gasteiger charge is 2.38. The summed E-state index contributed by atoms with van der Waals surface area (Å²) in [6, 6.07) is 22.9. The average Bonchev–Trinajstić information content (AvgIpc) is 3.61. The zero-order valence-corrected chi connectivity index (χ0v) is 25.7. The number of hydrogen-bond acceptors (Lipinski definition) is 8. The molecule has 0 bridgehead atoms. The minimum absolute atomic E-state index is 0.0757. The van der Waals surface area contributed by atoms with Crippen molar-refractivity contribution >= 4 is 52.7 Å². The van der Waals surface area contributed by atoms with Crippen molar-refractivity contribution in [3.05, 3.63) is 130 Å². The number of fused-ring (bicyclic) bond motifs is 2. The number of ether oxygens (including phenoxy) is 1. The highest BCUT2D eigenvalue weighted by atomic mass is 16.5. The van der Waals surface area contributed by atoms with Crippen LogP contribution in [0.3, 0.4) is 0 Å². The molecule has 3 heterocycles. The van der Waals surface area contributed by atoms with Crippen LogP contribution in [0.25, 0.3) is 16.7 Å². The van der Waals surface area contributed by atoms with Crippen LogP contribution in [0.5, 0.6) is 0 Å². The molecule has 3 aliphatic rings. The Bertz CT molecular complexity index is 2190. The van der Waals surface area contributed by atoms with Crippen molar-refractivity contribution in [2.45, 2.75) is 6.92 Å². The Morgan fingerprint density at radius 3 is 1.94 bits per heavy atom. The third-order valence-electron chi connectivity index (χ3n) is 8.51. The van der Waals surface area contributed by atoms with Gasteiger partial charge in [0.05, 0.1) is 45.6 Å². The lowest BCUT2D eigenvalue weighted by molar-refractivity contribution is -0.137. The molecular formula is C37H25N3O8. The Morgan fingerprint density at radius 2 is 1.25 bits per heavy atom. The van der Waals surface area contributed by atoms with Crippen LogP contribution in [0.4, 0.5) is 5.69 Å². The summed E-state index contributed by atoms with van der Waals surface area (Å²) in [5, 5.41) is 0. The van der Waals surface area contributed by atoms with Gasteiger partial charge in [0, 0.05) is 13.1 Å². The molecule has 0 unspecified atom stereocenters. The van der Waals surface area contributed by atoms with Crippen LogP contribution in [0.2, 0.25) is 0 Å². The number of nitrogens with zero attached hydrogens (tertiary/aromatic N) is 3. The zero-order chi connectivity index (χ0) is 33.9. The van der Waals surface area contributed by atoms with E-state index in [0.29, 0.717) is 27.8 Å². The number of esters is 1. The second-order valence-electron chi connectivity index (χ2n) is 11.5. The number of carbonyl (C=O) groups is 7. The highest BCUT2D eigenvalue weighted by Crippen LogP contribution is 2.34. The Kier molecular flexibility index (Phi) is 7.16. The number of anilines is 1. The fourth-order valence-electron chi connectivity index (χ4n) is 6.06. The molecule has 4 aromatic carbocycles. The molecule has 0 aromatic heterocycles.